The van der Waals surface area contributed by atoms with Crippen LogP contribution in [0.15, 0.2) is 29.4 Å². The van der Waals surface area contributed by atoms with Gasteiger partial charge in [-0.2, -0.15) is 4.68 Å². The summed E-state index contributed by atoms with van der Waals surface area (Å²) >= 11 is 1.17. The molecule has 4 bridgehead atoms. The van der Waals surface area contributed by atoms with Crippen LogP contribution in [0.1, 0.15) is 38.5 Å². The number of hydrogen-bond donors (Lipinski definition) is 2. The molecule has 1 aromatic carbocycles. The molecule has 164 valence electrons. The van der Waals surface area contributed by atoms with E-state index < -0.39 is 6.03 Å². The Kier molecular flexibility index (Phi) is 5.33. The number of thioether (sulfide) groups is 1. The van der Waals surface area contributed by atoms with Gasteiger partial charge in [0.1, 0.15) is 11.4 Å². The highest BCUT2D eigenvalue weighted by atomic mass is 32.2. The number of amides is 3. The van der Waals surface area contributed by atoms with Crippen molar-refractivity contribution in [3.8, 4) is 11.4 Å². The minimum Gasteiger partial charge on any atom is -0.494 e. The number of rotatable bonds is 6. The summed E-state index contributed by atoms with van der Waals surface area (Å²) in [6, 6.07) is 6.97. The van der Waals surface area contributed by atoms with Gasteiger partial charge in [0.15, 0.2) is 0 Å². The van der Waals surface area contributed by atoms with E-state index in [2.05, 4.69) is 26.2 Å². The van der Waals surface area contributed by atoms with Crippen molar-refractivity contribution in [2.24, 2.45) is 17.8 Å². The van der Waals surface area contributed by atoms with Crippen molar-refractivity contribution in [3.63, 3.8) is 0 Å². The minimum absolute atomic E-state index is 0.0316. The van der Waals surface area contributed by atoms with E-state index in [1.807, 2.05) is 24.3 Å². The molecule has 31 heavy (non-hydrogen) atoms. The second-order valence-electron chi connectivity index (χ2n) is 9.03. The molecule has 1 aromatic heterocycles. The molecule has 4 saturated carbocycles. The highest BCUT2D eigenvalue weighted by Gasteiger charge is 2.51. The number of urea groups is 1. The standard InChI is InChI=1S/C21H26N6O3S/c1-30-17-5-3-2-4-16(17)27-20(24-25-26-27)31-12-18(28)22-19(29)23-21-9-13-6-14(10-21)8-15(7-13)11-21/h2-5,13-15H,6-12H2,1H3,(H2,22,23,28,29). The van der Waals surface area contributed by atoms with E-state index in [9.17, 15) is 9.59 Å². The second-order valence-corrected chi connectivity index (χ2v) is 9.98. The number of imide groups is 1. The lowest BCUT2D eigenvalue weighted by atomic mass is 9.53. The molecule has 4 aliphatic carbocycles. The Morgan fingerprint density at radius 1 is 1.16 bits per heavy atom. The third-order valence-electron chi connectivity index (χ3n) is 6.76. The van der Waals surface area contributed by atoms with Crippen LogP contribution in [0.3, 0.4) is 0 Å². The average molecular weight is 443 g/mol. The second kappa shape index (κ2) is 8.14. The van der Waals surface area contributed by atoms with Gasteiger partial charge in [0, 0.05) is 5.54 Å². The van der Waals surface area contributed by atoms with Crippen molar-refractivity contribution in [3.05, 3.63) is 24.3 Å². The van der Waals surface area contributed by atoms with Gasteiger partial charge in [0.05, 0.1) is 12.9 Å². The molecular weight excluding hydrogens is 416 g/mol. The number of methoxy groups -OCH3 is 1. The zero-order valence-electron chi connectivity index (χ0n) is 17.4. The van der Waals surface area contributed by atoms with E-state index in [0.29, 0.717) is 16.6 Å². The minimum atomic E-state index is -0.392. The molecule has 2 aromatic rings. The Morgan fingerprint density at radius 2 is 1.84 bits per heavy atom. The lowest BCUT2D eigenvalue weighted by Gasteiger charge is -2.56. The number of carbonyl (C=O) groups is 2. The predicted octanol–water partition coefficient (Wildman–Crippen LogP) is 2.56. The van der Waals surface area contributed by atoms with Gasteiger partial charge in [0.25, 0.3) is 0 Å². The Bertz CT molecular complexity index is 958. The summed E-state index contributed by atoms with van der Waals surface area (Å²) in [5, 5.41) is 17.8. The van der Waals surface area contributed by atoms with Crippen LogP contribution in [0.5, 0.6) is 5.75 Å². The molecule has 0 radical (unpaired) electrons. The van der Waals surface area contributed by atoms with Crippen molar-refractivity contribution in [1.29, 1.82) is 0 Å². The Morgan fingerprint density at radius 3 is 2.52 bits per heavy atom. The summed E-state index contributed by atoms with van der Waals surface area (Å²) in [5.74, 6) is 2.46. The first-order chi connectivity index (χ1) is 15.0. The van der Waals surface area contributed by atoms with E-state index in [1.54, 1.807) is 7.11 Å². The molecule has 0 saturated heterocycles. The first-order valence-corrected chi connectivity index (χ1v) is 11.7. The van der Waals surface area contributed by atoms with Crippen LogP contribution in [-0.2, 0) is 4.79 Å². The first-order valence-electron chi connectivity index (χ1n) is 10.7. The highest BCUT2D eigenvalue weighted by molar-refractivity contribution is 7.99. The van der Waals surface area contributed by atoms with Gasteiger partial charge in [-0.15, -0.1) is 5.10 Å². The summed E-state index contributed by atoms with van der Waals surface area (Å²) < 4.78 is 6.88. The van der Waals surface area contributed by atoms with Gasteiger partial charge in [-0.05, 0) is 78.8 Å². The number of aromatic nitrogens is 4. The number of nitrogens with one attached hydrogen (secondary N) is 2. The molecule has 0 spiro atoms. The van der Waals surface area contributed by atoms with Crippen molar-refractivity contribution in [2.45, 2.75) is 49.2 Å². The Hall–Kier alpha value is -2.62. The van der Waals surface area contributed by atoms with E-state index in [1.165, 1.54) is 35.7 Å². The smallest absolute Gasteiger partial charge is 0.321 e. The van der Waals surface area contributed by atoms with Gasteiger partial charge in [-0.25, -0.2) is 4.79 Å². The molecule has 9 nitrogen and oxygen atoms in total. The summed E-state index contributed by atoms with van der Waals surface area (Å²) in [6.45, 7) is 0. The van der Waals surface area contributed by atoms with Crippen molar-refractivity contribution in [1.82, 2.24) is 30.8 Å². The van der Waals surface area contributed by atoms with Gasteiger partial charge < -0.3 is 10.1 Å². The van der Waals surface area contributed by atoms with Crippen LogP contribution in [0.25, 0.3) is 5.69 Å². The zero-order valence-corrected chi connectivity index (χ0v) is 18.2. The van der Waals surface area contributed by atoms with Crippen LogP contribution in [-0.4, -0.2) is 50.5 Å². The molecule has 4 aliphatic rings. The normalized spacial score (nSPS) is 28.4. The Labute approximate surface area is 184 Å². The van der Waals surface area contributed by atoms with Crippen LogP contribution < -0.4 is 15.4 Å². The third-order valence-corrected chi connectivity index (χ3v) is 7.68. The van der Waals surface area contributed by atoms with E-state index in [-0.39, 0.29) is 17.2 Å². The van der Waals surface area contributed by atoms with Gasteiger partial charge in [-0.1, -0.05) is 23.9 Å². The molecule has 2 N–H and O–H groups in total. The van der Waals surface area contributed by atoms with E-state index >= 15 is 0 Å². The van der Waals surface area contributed by atoms with Crippen molar-refractivity contribution >= 4 is 23.7 Å². The fourth-order valence-corrected chi connectivity index (χ4v) is 6.74. The summed E-state index contributed by atoms with van der Waals surface area (Å²) in [5.41, 5.74) is 0.553. The van der Waals surface area contributed by atoms with E-state index in [0.717, 1.165) is 37.0 Å². The Balaban J connectivity index is 1.17. The molecule has 0 aliphatic heterocycles. The van der Waals surface area contributed by atoms with Crippen LogP contribution >= 0.6 is 11.8 Å². The molecule has 1 heterocycles. The molecule has 4 fully saturated rings. The summed E-state index contributed by atoms with van der Waals surface area (Å²) in [6.07, 6.45) is 7.05. The SMILES string of the molecule is COc1ccccc1-n1nnnc1SCC(=O)NC(=O)NC12CC3CC(CC(C3)C1)C2. The maximum atomic E-state index is 12.6. The van der Waals surface area contributed by atoms with Gasteiger partial charge in [-0.3, -0.25) is 10.1 Å². The zero-order chi connectivity index (χ0) is 21.4. The molecule has 6 rings (SSSR count). The van der Waals surface area contributed by atoms with Crippen molar-refractivity contribution in [2.75, 3.05) is 12.9 Å². The number of ether oxygens (including phenoxy) is 1. The first kappa shape index (κ1) is 20.3. The third kappa shape index (κ3) is 4.13. The number of para-hydroxylation sites is 2. The summed E-state index contributed by atoms with van der Waals surface area (Å²) in [4.78, 5) is 25.0. The fraction of sp³-hybridized carbons (Fsp3) is 0.571. The maximum Gasteiger partial charge on any atom is 0.321 e. The monoisotopic (exact) mass is 442 g/mol. The van der Waals surface area contributed by atoms with Gasteiger partial charge >= 0.3 is 6.03 Å². The van der Waals surface area contributed by atoms with Crippen LogP contribution in [0.2, 0.25) is 0 Å². The molecular formula is C21H26N6O3S. The lowest BCUT2D eigenvalue weighted by molar-refractivity contribution is -0.117. The van der Waals surface area contributed by atoms with Crippen LogP contribution in [0.4, 0.5) is 4.79 Å². The quantitative estimate of drug-likeness (QED) is 0.662. The average Bonchev–Trinajstić information content (AvgIpc) is 3.19. The van der Waals surface area contributed by atoms with Gasteiger partial charge in [0.2, 0.25) is 11.1 Å². The topological polar surface area (TPSA) is 111 Å². The van der Waals surface area contributed by atoms with Crippen molar-refractivity contribution < 1.29 is 14.3 Å². The molecule has 3 amide bonds. The number of nitrogens with zero attached hydrogens (tertiary/aromatic N) is 4. The number of benzene rings is 1. The van der Waals surface area contributed by atoms with E-state index in [4.69, 9.17) is 4.74 Å². The fourth-order valence-electron chi connectivity index (χ4n) is 6.05. The number of tetrazole rings is 1. The number of carbonyl (C=O) groups excluding carboxylic acids is 2. The van der Waals surface area contributed by atoms with Crippen LogP contribution in [0, 0.1) is 17.8 Å². The molecule has 0 atom stereocenters. The highest BCUT2D eigenvalue weighted by Crippen LogP contribution is 2.55. The molecule has 0 unspecified atom stereocenters. The lowest BCUT2D eigenvalue weighted by Crippen LogP contribution is -2.61. The molecule has 10 heteroatoms. The summed E-state index contributed by atoms with van der Waals surface area (Å²) in [7, 11) is 1.58. The maximum absolute atomic E-state index is 12.6. The largest absolute Gasteiger partial charge is 0.494 e. The number of hydrogen-bond acceptors (Lipinski definition) is 7. The predicted molar refractivity (Wildman–Crippen MR) is 114 cm³/mol.